The highest BCUT2D eigenvalue weighted by molar-refractivity contribution is 7.90. The first-order chi connectivity index (χ1) is 22.3. The maximum Gasteiger partial charge on any atom is 0.410 e. The molecule has 48 heavy (non-hydrogen) atoms. The Morgan fingerprint density at radius 2 is 1.73 bits per heavy atom. The van der Waals surface area contributed by atoms with E-state index in [9.17, 15) is 18.0 Å². The topological polar surface area (TPSA) is 115 Å². The molecule has 2 aromatic heterocycles. The number of halogens is 2. The summed E-state index contributed by atoms with van der Waals surface area (Å²) in [5.74, 6) is -0.408. The Labute approximate surface area is 285 Å². The minimum absolute atomic E-state index is 0.128. The molecule has 1 fully saturated rings. The summed E-state index contributed by atoms with van der Waals surface area (Å²) in [5, 5.41) is 0.591. The van der Waals surface area contributed by atoms with Crippen molar-refractivity contribution in [2.75, 3.05) is 24.2 Å². The van der Waals surface area contributed by atoms with Crippen molar-refractivity contribution in [2.24, 2.45) is 0 Å². The van der Waals surface area contributed by atoms with E-state index in [1.165, 1.54) is 16.7 Å². The van der Waals surface area contributed by atoms with E-state index < -0.39 is 33.0 Å². The quantitative estimate of drug-likeness (QED) is 0.221. The number of carbonyl (C=O) groups excluding carboxylic acids is 1. The lowest BCUT2D eigenvalue weighted by Gasteiger charge is -2.44. The van der Waals surface area contributed by atoms with Crippen molar-refractivity contribution < 1.29 is 22.3 Å². The predicted molar refractivity (Wildman–Crippen MR) is 187 cm³/mol. The monoisotopic (exact) mass is 697 g/mol. The molecular formula is C35H41ClFN5O5S. The van der Waals surface area contributed by atoms with Crippen molar-refractivity contribution in [3.8, 4) is 16.9 Å². The molecule has 3 heterocycles. The number of piperazine rings is 1. The molecule has 5 rings (SSSR count). The number of rotatable bonds is 5. The summed E-state index contributed by atoms with van der Waals surface area (Å²) in [5.41, 5.74) is 0.726. The average molecular weight is 698 g/mol. The second-order valence-corrected chi connectivity index (χ2v) is 16.2. The van der Waals surface area contributed by atoms with Crippen molar-refractivity contribution in [3.05, 3.63) is 74.9 Å². The Balaban J connectivity index is 1.79. The van der Waals surface area contributed by atoms with E-state index in [-0.39, 0.29) is 44.8 Å². The molecule has 256 valence electrons. The molecule has 13 heteroatoms. The summed E-state index contributed by atoms with van der Waals surface area (Å²) in [4.78, 5) is 40.5. The number of fused-ring (bicyclic) bond motifs is 1. The third-order valence-corrected chi connectivity index (χ3v) is 9.77. The predicted octanol–water partition coefficient (Wildman–Crippen LogP) is 6.91. The lowest BCUT2D eigenvalue weighted by molar-refractivity contribution is 0.0130. The fourth-order valence-corrected chi connectivity index (χ4v) is 7.08. The Hall–Kier alpha value is -4.03. The molecule has 2 aromatic carbocycles. The molecule has 0 N–H and O–H groups in total. The number of hydrogen-bond donors (Lipinski definition) is 0. The number of anilines is 1. The van der Waals surface area contributed by atoms with Gasteiger partial charge in [0.1, 0.15) is 17.2 Å². The van der Waals surface area contributed by atoms with Crippen LogP contribution in [-0.2, 0) is 14.6 Å². The van der Waals surface area contributed by atoms with Crippen molar-refractivity contribution in [1.29, 1.82) is 0 Å². The highest BCUT2D eigenvalue weighted by Gasteiger charge is 2.36. The summed E-state index contributed by atoms with van der Waals surface area (Å²) in [7, 11) is -3.56. The summed E-state index contributed by atoms with van der Waals surface area (Å²) in [6.45, 7) is 15.4. The van der Waals surface area contributed by atoms with Gasteiger partial charge < -0.3 is 14.5 Å². The van der Waals surface area contributed by atoms with Crippen molar-refractivity contribution in [2.45, 2.75) is 83.9 Å². The van der Waals surface area contributed by atoms with Crippen LogP contribution < -0.4 is 10.6 Å². The lowest BCUT2D eigenvalue weighted by atomic mass is 9.97. The Kier molecular flexibility index (Phi) is 9.39. The fraction of sp³-hybridized carbons (Fsp3) is 0.429. The van der Waals surface area contributed by atoms with Crippen LogP contribution in [0.2, 0.25) is 5.02 Å². The van der Waals surface area contributed by atoms with Gasteiger partial charge in [0.2, 0.25) is 0 Å². The van der Waals surface area contributed by atoms with Gasteiger partial charge in [0.15, 0.2) is 15.5 Å². The summed E-state index contributed by atoms with van der Waals surface area (Å²) in [6.07, 6.45) is 0.710. The summed E-state index contributed by atoms with van der Waals surface area (Å²) in [6, 6.07) is 10.2. The molecule has 1 aliphatic rings. The first kappa shape index (κ1) is 35.3. The number of amides is 1. The standard InChI is InChI=1S/C35H41ClFN5O5S/c1-19(2)25-15-23(48(9,45)46)14-20(3)30(25)42-32-26(16-27(36)29(38-32)24-12-10-11-13-28(24)37)31(39-33(42)43)40-17-22(5)41(18-21(40)4)34(44)47-35(6,7)8/h10-16,19,21-22H,17-18H2,1-9H3/t21-,22+/m0/s1. The van der Waals surface area contributed by atoms with Gasteiger partial charge in [-0.25, -0.2) is 31.9 Å². The molecule has 1 saturated heterocycles. The van der Waals surface area contributed by atoms with Crippen LogP contribution in [0.1, 0.15) is 65.5 Å². The molecule has 10 nitrogen and oxygen atoms in total. The number of benzene rings is 2. The molecule has 0 radical (unpaired) electrons. The van der Waals surface area contributed by atoms with E-state index in [1.54, 1.807) is 42.2 Å². The van der Waals surface area contributed by atoms with Crippen LogP contribution in [0, 0.1) is 12.7 Å². The zero-order valence-electron chi connectivity index (χ0n) is 28.6. The van der Waals surface area contributed by atoms with Crippen LogP contribution in [0.4, 0.5) is 15.0 Å². The fourth-order valence-electron chi connectivity index (χ4n) is 6.10. The van der Waals surface area contributed by atoms with E-state index in [4.69, 9.17) is 21.3 Å². The first-order valence-corrected chi connectivity index (χ1v) is 18.0. The van der Waals surface area contributed by atoms with Crippen LogP contribution in [0.25, 0.3) is 28.0 Å². The van der Waals surface area contributed by atoms with Gasteiger partial charge in [-0.15, -0.1) is 0 Å². The Morgan fingerprint density at radius 1 is 1.06 bits per heavy atom. The van der Waals surface area contributed by atoms with Crippen LogP contribution in [0.15, 0.2) is 52.2 Å². The van der Waals surface area contributed by atoms with E-state index in [2.05, 4.69) is 4.98 Å². The van der Waals surface area contributed by atoms with E-state index in [0.29, 0.717) is 41.1 Å². The van der Waals surface area contributed by atoms with Gasteiger partial charge in [0, 0.05) is 37.0 Å². The average Bonchev–Trinajstić information content (AvgIpc) is 2.97. The van der Waals surface area contributed by atoms with Crippen LogP contribution in [0.3, 0.4) is 0 Å². The largest absolute Gasteiger partial charge is 0.444 e. The van der Waals surface area contributed by atoms with Gasteiger partial charge in [-0.3, -0.25) is 0 Å². The Bertz CT molecular complexity index is 2090. The smallest absolute Gasteiger partial charge is 0.410 e. The molecular weight excluding hydrogens is 657 g/mol. The number of aromatic nitrogens is 3. The van der Waals surface area contributed by atoms with Gasteiger partial charge in [-0.05, 0) is 88.9 Å². The number of carbonyl (C=O) groups is 1. The van der Waals surface area contributed by atoms with Crippen molar-refractivity contribution >= 4 is 44.4 Å². The minimum atomic E-state index is -3.56. The molecule has 0 bridgehead atoms. The second-order valence-electron chi connectivity index (χ2n) is 13.8. The van der Waals surface area contributed by atoms with Crippen LogP contribution in [0.5, 0.6) is 0 Å². The number of hydrogen-bond acceptors (Lipinski definition) is 8. The molecule has 1 aliphatic heterocycles. The molecule has 0 unspecified atom stereocenters. The maximum absolute atomic E-state index is 15.1. The third-order valence-electron chi connectivity index (χ3n) is 8.39. The van der Waals surface area contributed by atoms with Crippen molar-refractivity contribution in [3.63, 3.8) is 0 Å². The molecule has 0 aliphatic carbocycles. The summed E-state index contributed by atoms with van der Waals surface area (Å²) < 4.78 is 47.3. The normalized spacial score (nSPS) is 17.3. The SMILES string of the molecule is Cc1cc(S(C)(=O)=O)cc(C(C)C)c1-n1c(=O)nc(N2C[C@@H](C)N(C(=O)OC(C)(C)C)C[C@@H]2C)c2cc(Cl)c(-c3ccccc3F)nc21. The molecule has 4 aromatic rings. The molecule has 0 saturated carbocycles. The first-order valence-electron chi connectivity index (χ1n) is 15.8. The Morgan fingerprint density at radius 3 is 2.33 bits per heavy atom. The number of ether oxygens (including phenoxy) is 1. The van der Waals surface area contributed by atoms with Crippen molar-refractivity contribution in [1.82, 2.24) is 19.4 Å². The van der Waals surface area contributed by atoms with Crippen LogP contribution >= 0.6 is 11.6 Å². The van der Waals surface area contributed by atoms with E-state index in [1.807, 2.05) is 53.4 Å². The highest BCUT2D eigenvalue weighted by Crippen LogP contribution is 2.37. The zero-order chi connectivity index (χ0) is 35.5. The zero-order valence-corrected chi connectivity index (χ0v) is 30.2. The number of pyridine rings is 1. The van der Waals surface area contributed by atoms with E-state index >= 15 is 4.39 Å². The number of nitrogens with zero attached hydrogens (tertiary/aromatic N) is 5. The third kappa shape index (κ3) is 6.78. The van der Waals surface area contributed by atoms with Gasteiger partial charge >= 0.3 is 11.8 Å². The minimum Gasteiger partial charge on any atom is -0.444 e. The van der Waals surface area contributed by atoms with Crippen LogP contribution in [-0.4, -0.2) is 71.0 Å². The molecule has 0 spiro atoms. The van der Waals surface area contributed by atoms with Gasteiger partial charge in [-0.1, -0.05) is 37.6 Å². The van der Waals surface area contributed by atoms with Gasteiger partial charge in [0.05, 0.1) is 26.7 Å². The van der Waals surface area contributed by atoms with Gasteiger partial charge in [0.25, 0.3) is 0 Å². The van der Waals surface area contributed by atoms with Gasteiger partial charge in [-0.2, -0.15) is 4.98 Å². The number of aryl methyl sites for hydroxylation is 1. The molecule has 2 atom stereocenters. The molecule has 1 amide bonds. The number of sulfone groups is 1. The summed E-state index contributed by atoms with van der Waals surface area (Å²) >= 11 is 6.84. The maximum atomic E-state index is 15.1. The highest BCUT2D eigenvalue weighted by atomic mass is 35.5. The lowest BCUT2D eigenvalue weighted by Crippen LogP contribution is -2.59. The van der Waals surface area contributed by atoms with E-state index in [0.717, 1.165) is 6.26 Å². The second kappa shape index (κ2) is 12.8.